The van der Waals surface area contributed by atoms with Crippen LogP contribution in [0.15, 0.2) is 18.5 Å². The van der Waals surface area contributed by atoms with Gasteiger partial charge in [-0.25, -0.2) is 0 Å². The molecule has 1 atom stereocenters. The standard InChI is InChI=1S/C15H23NO2/c1-18-14-9-13(10-16-11-14)15(17)12-7-5-3-2-4-6-8-12/h9-12,15,17H,2-8H2,1H3. The quantitative estimate of drug-likeness (QED) is 0.891. The van der Waals surface area contributed by atoms with E-state index >= 15 is 0 Å². The number of aliphatic hydroxyl groups excluding tert-OH is 1. The number of nitrogens with zero attached hydrogens (tertiary/aromatic N) is 1. The van der Waals surface area contributed by atoms with Crippen molar-refractivity contribution in [2.45, 2.75) is 51.0 Å². The molecule has 0 aromatic carbocycles. The van der Waals surface area contributed by atoms with E-state index in [1.807, 2.05) is 6.07 Å². The summed E-state index contributed by atoms with van der Waals surface area (Å²) in [6.45, 7) is 0. The van der Waals surface area contributed by atoms with Gasteiger partial charge in [0.1, 0.15) is 5.75 Å². The highest BCUT2D eigenvalue weighted by molar-refractivity contribution is 5.25. The Kier molecular flexibility index (Phi) is 5.00. The zero-order valence-electron chi connectivity index (χ0n) is 11.1. The lowest BCUT2D eigenvalue weighted by atomic mass is 9.85. The Morgan fingerprint density at radius 1 is 1.17 bits per heavy atom. The van der Waals surface area contributed by atoms with Gasteiger partial charge in [-0.15, -0.1) is 0 Å². The van der Waals surface area contributed by atoms with E-state index < -0.39 is 6.10 Å². The predicted octanol–water partition coefficient (Wildman–Crippen LogP) is 3.48. The number of pyridine rings is 1. The van der Waals surface area contributed by atoms with Crippen LogP contribution in [0.1, 0.15) is 56.6 Å². The molecule has 3 nitrogen and oxygen atoms in total. The van der Waals surface area contributed by atoms with E-state index in [9.17, 15) is 5.11 Å². The third-order valence-electron chi connectivity index (χ3n) is 3.91. The highest BCUT2D eigenvalue weighted by Gasteiger charge is 2.22. The maximum absolute atomic E-state index is 10.5. The van der Waals surface area contributed by atoms with Crippen LogP contribution in [-0.2, 0) is 0 Å². The van der Waals surface area contributed by atoms with Crippen LogP contribution < -0.4 is 4.74 Å². The molecule has 1 N–H and O–H groups in total. The van der Waals surface area contributed by atoms with Gasteiger partial charge in [0.05, 0.1) is 19.4 Å². The fourth-order valence-corrected chi connectivity index (χ4v) is 2.78. The monoisotopic (exact) mass is 249 g/mol. The molecule has 1 aliphatic carbocycles. The fraction of sp³-hybridized carbons (Fsp3) is 0.667. The molecule has 0 spiro atoms. The Bertz CT molecular complexity index is 359. The summed E-state index contributed by atoms with van der Waals surface area (Å²) in [6.07, 6.45) is 11.7. The first kappa shape index (κ1) is 13.3. The first-order chi connectivity index (χ1) is 8.81. The van der Waals surface area contributed by atoms with E-state index in [4.69, 9.17) is 4.74 Å². The molecule has 3 heteroatoms. The Labute approximate surface area is 109 Å². The minimum atomic E-state index is -0.398. The summed E-state index contributed by atoms with van der Waals surface area (Å²) in [5, 5.41) is 10.5. The Morgan fingerprint density at radius 3 is 2.50 bits per heavy atom. The maximum atomic E-state index is 10.5. The van der Waals surface area contributed by atoms with E-state index in [0.29, 0.717) is 5.92 Å². The summed E-state index contributed by atoms with van der Waals surface area (Å²) in [6, 6.07) is 1.90. The smallest absolute Gasteiger partial charge is 0.137 e. The van der Waals surface area contributed by atoms with Crippen molar-refractivity contribution in [1.29, 1.82) is 0 Å². The van der Waals surface area contributed by atoms with Gasteiger partial charge in [0.2, 0.25) is 0 Å². The topological polar surface area (TPSA) is 42.4 Å². The number of ether oxygens (including phenoxy) is 1. The highest BCUT2D eigenvalue weighted by atomic mass is 16.5. The van der Waals surface area contributed by atoms with Crippen molar-refractivity contribution in [3.8, 4) is 5.75 Å². The number of aliphatic hydroxyl groups is 1. The Hall–Kier alpha value is -1.09. The maximum Gasteiger partial charge on any atom is 0.137 e. The van der Waals surface area contributed by atoms with Crippen LogP contribution in [-0.4, -0.2) is 17.2 Å². The molecular weight excluding hydrogens is 226 g/mol. The number of methoxy groups -OCH3 is 1. The molecular formula is C15H23NO2. The van der Waals surface area contributed by atoms with Gasteiger partial charge in [-0.1, -0.05) is 32.1 Å². The van der Waals surface area contributed by atoms with Crippen LogP contribution in [0.4, 0.5) is 0 Å². The molecule has 0 radical (unpaired) electrons. The van der Waals surface area contributed by atoms with Crippen molar-refractivity contribution >= 4 is 0 Å². The summed E-state index contributed by atoms with van der Waals surface area (Å²) in [5.41, 5.74) is 0.889. The average Bonchev–Trinajstić information content (AvgIpc) is 2.38. The predicted molar refractivity (Wildman–Crippen MR) is 71.6 cm³/mol. The molecule has 2 rings (SSSR count). The SMILES string of the molecule is COc1cncc(C(O)C2CCCCCCC2)c1. The van der Waals surface area contributed by atoms with Crippen molar-refractivity contribution in [2.24, 2.45) is 5.92 Å². The van der Waals surface area contributed by atoms with E-state index in [0.717, 1.165) is 24.2 Å². The van der Waals surface area contributed by atoms with Crippen molar-refractivity contribution in [2.75, 3.05) is 7.11 Å². The summed E-state index contributed by atoms with van der Waals surface area (Å²) < 4.78 is 5.16. The third kappa shape index (κ3) is 3.45. The van der Waals surface area contributed by atoms with Gasteiger partial charge >= 0.3 is 0 Å². The third-order valence-corrected chi connectivity index (χ3v) is 3.91. The zero-order chi connectivity index (χ0) is 12.8. The Balaban J connectivity index is 2.05. The summed E-state index contributed by atoms with van der Waals surface area (Å²) in [7, 11) is 1.63. The van der Waals surface area contributed by atoms with E-state index in [1.54, 1.807) is 19.5 Å². The summed E-state index contributed by atoms with van der Waals surface area (Å²) in [4.78, 5) is 4.13. The van der Waals surface area contributed by atoms with Gasteiger partial charge in [-0.3, -0.25) is 4.98 Å². The second kappa shape index (κ2) is 6.74. The molecule has 1 saturated carbocycles. The lowest BCUT2D eigenvalue weighted by Crippen LogP contribution is -2.14. The molecule has 1 heterocycles. The van der Waals surface area contributed by atoms with Crippen molar-refractivity contribution in [3.63, 3.8) is 0 Å². The normalized spacial score (nSPS) is 19.9. The molecule has 1 fully saturated rings. The zero-order valence-corrected chi connectivity index (χ0v) is 11.1. The molecule has 100 valence electrons. The summed E-state index contributed by atoms with van der Waals surface area (Å²) in [5.74, 6) is 1.09. The number of aromatic nitrogens is 1. The first-order valence-electron chi connectivity index (χ1n) is 6.98. The van der Waals surface area contributed by atoms with Crippen LogP contribution in [0.2, 0.25) is 0 Å². The second-order valence-corrected chi connectivity index (χ2v) is 5.21. The lowest BCUT2D eigenvalue weighted by Gasteiger charge is -2.25. The minimum absolute atomic E-state index is 0.374. The van der Waals surface area contributed by atoms with Crippen LogP contribution in [0, 0.1) is 5.92 Å². The van der Waals surface area contributed by atoms with Crippen LogP contribution in [0.5, 0.6) is 5.75 Å². The van der Waals surface area contributed by atoms with Gasteiger partial charge in [0.15, 0.2) is 0 Å². The molecule has 1 unspecified atom stereocenters. The largest absolute Gasteiger partial charge is 0.495 e. The molecule has 1 aromatic rings. The average molecular weight is 249 g/mol. The van der Waals surface area contributed by atoms with Crippen LogP contribution >= 0.6 is 0 Å². The number of hydrogen-bond acceptors (Lipinski definition) is 3. The van der Waals surface area contributed by atoms with Crippen molar-refractivity contribution in [3.05, 3.63) is 24.0 Å². The molecule has 1 aromatic heterocycles. The van der Waals surface area contributed by atoms with Gasteiger partial charge in [-0.2, -0.15) is 0 Å². The Morgan fingerprint density at radius 2 is 1.83 bits per heavy atom. The van der Waals surface area contributed by atoms with E-state index in [-0.39, 0.29) is 0 Å². The van der Waals surface area contributed by atoms with Crippen LogP contribution in [0.3, 0.4) is 0 Å². The molecule has 0 bridgehead atoms. The van der Waals surface area contributed by atoms with Gasteiger partial charge < -0.3 is 9.84 Å². The van der Waals surface area contributed by atoms with Gasteiger partial charge in [0.25, 0.3) is 0 Å². The van der Waals surface area contributed by atoms with Crippen molar-refractivity contribution < 1.29 is 9.84 Å². The van der Waals surface area contributed by atoms with Crippen LogP contribution in [0.25, 0.3) is 0 Å². The van der Waals surface area contributed by atoms with Gasteiger partial charge in [-0.05, 0) is 24.8 Å². The number of rotatable bonds is 3. The highest BCUT2D eigenvalue weighted by Crippen LogP contribution is 2.33. The molecule has 0 saturated heterocycles. The minimum Gasteiger partial charge on any atom is -0.495 e. The van der Waals surface area contributed by atoms with E-state index in [2.05, 4.69) is 4.98 Å². The molecule has 0 aliphatic heterocycles. The van der Waals surface area contributed by atoms with E-state index in [1.165, 1.54) is 32.1 Å². The van der Waals surface area contributed by atoms with Crippen molar-refractivity contribution in [1.82, 2.24) is 4.98 Å². The second-order valence-electron chi connectivity index (χ2n) is 5.21. The fourth-order valence-electron chi connectivity index (χ4n) is 2.78. The molecule has 18 heavy (non-hydrogen) atoms. The lowest BCUT2D eigenvalue weighted by molar-refractivity contribution is 0.0907. The summed E-state index contributed by atoms with van der Waals surface area (Å²) >= 11 is 0. The molecule has 0 amide bonds. The van der Waals surface area contributed by atoms with Gasteiger partial charge in [0, 0.05) is 11.8 Å². The molecule has 1 aliphatic rings. The first-order valence-corrected chi connectivity index (χ1v) is 6.98. The number of hydrogen-bond donors (Lipinski definition) is 1.